The quantitative estimate of drug-likeness (QED) is 0.513. The molecule has 18 heavy (non-hydrogen) atoms. The predicted molar refractivity (Wildman–Crippen MR) is 77.7 cm³/mol. The molecule has 0 aliphatic rings. The lowest BCUT2D eigenvalue weighted by Gasteiger charge is -2.33. The lowest BCUT2D eigenvalue weighted by atomic mass is 10.4. The van der Waals surface area contributed by atoms with Gasteiger partial charge in [-0.1, -0.05) is 13.8 Å². The van der Waals surface area contributed by atoms with E-state index in [-0.39, 0.29) is 0 Å². The Morgan fingerprint density at radius 2 is 1.11 bits per heavy atom. The molecule has 0 unspecified atom stereocenters. The molecule has 4 nitrogen and oxygen atoms in total. The van der Waals surface area contributed by atoms with Crippen LogP contribution in [0, 0.1) is 0 Å². The largest absolute Gasteiger partial charge is 0.515 e. The van der Waals surface area contributed by atoms with Crippen LogP contribution in [-0.4, -0.2) is 52.8 Å². The first-order valence-corrected chi connectivity index (χ1v) is 9.25. The van der Waals surface area contributed by atoms with Crippen LogP contribution < -0.4 is 0 Å². The van der Waals surface area contributed by atoms with Crippen LogP contribution in [0.5, 0.6) is 0 Å². The Morgan fingerprint density at radius 1 is 0.722 bits per heavy atom. The molecule has 0 spiro atoms. The molecular formula is C13H31NO3Si. The normalized spacial score (nSPS) is 12.3. The molecule has 0 radical (unpaired) electrons. The molecule has 0 bridgehead atoms. The summed E-state index contributed by atoms with van der Waals surface area (Å²) in [6.07, 6.45) is 3.11. The Labute approximate surface area is 114 Å². The summed E-state index contributed by atoms with van der Waals surface area (Å²) in [7, 11) is -2.51. The van der Waals surface area contributed by atoms with E-state index in [1.54, 1.807) is 0 Å². The van der Waals surface area contributed by atoms with Gasteiger partial charge < -0.3 is 13.3 Å². The van der Waals surface area contributed by atoms with Crippen LogP contribution in [0.3, 0.4) is 0 Å². The maximum Gasteiger partial charge on any atom is 0.515 e. The van der Waals surface area contributed by atoms with E-state index in [1.807, 2.05) is 20.8 Å². The summed E-state index contributed by atoms with van der Waals surface area (Å²) in [5, 5.41) is 0. The van der Waals surface area contributed by atoms with Gasteiger partial charge in [0.15, 0.2) is 0 Å². The zero-order valence-corrected chi connectivity index (χ0v) is 13.8. The molecule has 0 aliphatic carbocycles. The Balaban J connectivity index is 4.66. The topological polar surface area (TPSA) is 30.9 Å². The first-order valence-electron chi connectivity index (χ1n) is 7.32. The molecule has 0 aliphatic heterocycles. The molecule has 0 saturated heterocycles. The molecule has 0 saturated carbocycles. The second-order valence-corrected chi connectivity index (χ2v) is 6.81. The molecule has 0 rings (SSSR count). The molecule has 0 atom stereocenters. The summed E-state index contributed by atoms with van der Waals surface area (Å²) >= 11 is 0. The minimum atomic E-state index is -2.51. The highest BCUT2D eigenvalue weighted by molar-refractivity contribution is 6.60. The summed E-state index contributed by atoms with van der Waals surface area (Å²) in [5.41, 5.74) is 0. The zero-order valence-electron chi connectivity index (χ0n) is 12.8. The smallest absolute Gasteiger partial charge is 0.373 e. The Bertz CT molecular complexity index is 170. The van der Waals surface area contributed by atoms with E-state index in [1.165, 1.54) is 0 Å². The summed E-state index contributed by atoms with van der Waals surface area (Å²) in [6.45, 7) is 14.5. The molecule has 0 N–H and O–H groups in total. The summed E-state index contributed by atoms with van der Waals surface area (Å²) < 4.78 is 17.7. The van der Waals surface area contributed by atoms with Crippen molar-refractivity contribution in [3.63, 3.8) is 0 Å². The lowest BCUT2D eigenvalue weighted by molar-refractivity contribution is 0.0566. The minimum absolute atomic E-state index is 0.651. The third-order valence-electron chi connectivity index (χ3n) is 2.59. The van der Waals surface area contributed by atoms with Gasteiger partial charge in [0.05, 0.1) is 6.17 Å². The van der Waals surface area contributed by atoms with Crippen molar-refractivity contribution in [2.24, 2.45) is 0 Å². The van der Waals surface area contributed by atoms with E-state index in [0.29, 0.717) is 19.8 Å². The zero-order chi connectivity index (χ0) is 13.9. The molecule has 0 aromatic rings. The van der Waals surface area contributed by atoms with E-state index in [4.69, 9.17) is 13.3 Å². The second kappa shape index (κ2) is 10.9. The van der Waals surface area contributed by atoms with Crippen molar-refractivity contribution in [2.45, 2.75) is 47.5 Å². The van der Waals surface area contributed by atoms with Gasteiger partial charge in [-0.25, -0.2) is 0 Å². The summed E-state index contributed by atoms with van der Waals surface area (Å²) in [4.78, 5) is 2.41. The highest BCUT2D eigenvalue weighted by Crippen LogP contribution is 2.13. The summed E-state index contributed by atoms with van der Waals surface area (Å²) in [6, 6.07) is 0. The first kappa shape index (κ1) is 18.1. The maximum atomic E-state index is 5.89. The van der Waals surface area contributed by atoms with Crippen molar-refractivity contribution in [3.8, 4) is 0 Å². The van der Waals surface area contributed by atoms with Gasteiger partial charge in [-0.2, -0.15) is 0 Å². The SMILES string of the molecule is CCCN(CCC)C[Si](OCC)(OCC)OCC. The average Bonchev–Trinajstić information content (AvgIpc) is 2.30. The van der Waals surface area contributed by atoms with Gasteiger partial charge >= 0.3 is 8.80 Å². The molecule has 0 heterocycles. The second-order valence-electron chi connectivity index (χ2n) is 4.26. The Hall–Kier alpha value is 0.0569. The molecule has 0 aromatic carbocycles. The van der Waals surface area contributed by atoms with Crippen molar-refractivity contribution in [1.29, 1.82) is 0 Å². The molecule has 5 heteroatoms. The number of rotatable bonds is 12. The number of hydrogen-bond acceptors (Lipinski definition) is 4. The van der Waals surface area contributed by atoms with Crippen molar-refractivity contribution >= 4 is 8.80 Å². The maximum absolute atomic E-state index is 5.89. The van der Waals surface area contributed by atoms with Gasteiger partial charge in [-0.3, -0.25) is 4.90 Å². The van der Waals surface area contributed by atoms with Crippen LogP contribution in [0.4, 0.5) is 0 Å². The van der Waals surface area contributed by atoms with Crippen molar-refractivity contribution < 1.29 is 13.3 Å². The average molecular weight is 277 g/mol. The standard InChI is InChI=1S/C13H31NO3Si/c1-6-11-14(12-7-2)13-18(15-8-3,16-9-4)17-10-5/h6-13H2,1-5H3. The van der Waals surface area contributed by atoms with Gasteiger partial charge in [-0.05, 0) is 46.7 Å². The van der Waals surface area contributed by atoms with E-state index in [0.717, 1.165) is 32.1 Å². The van der Waals surface area contributed by atoms with Crippen LogP contribution >= 0.6 is 0 Å². The van der Waals surface area contributed by atoms with Gasteiger partial charge in [0.25, 0.3) is 0 Å². The number of nitrogens with zero attached hydrogens (tertiary/aromatic N) is 1. The van der Waals surface area contributed by atoms with Crippen LogP contribution in [0.15, 0.2) is 0 Å². The summed E-state index contributed by atoms with van der Waals surface area (Å²) in [5.74, 6) is 0. The van der Waals surface area contributed by atoms with Gasteiger partial charge in [-0.15, -0.1) is 0 Å². The minimum Gasteiger partial charge on any atom is -0.373 e. The van der Waals surface area contributed by atoms with Crippen LogP contribution in [0.2, 0.25) is 0 Å². The van der Waals surface area contributed by atoms with E-state index in [9.17, 15) is 0 Å². The van der Waals surface area contributed by atoms with Gasteiger partial charge in [0.1, 0.15) is 0 Å². The highest BCUT2D eigenvalue weighted by atomic mass is 28.4. The van der Waals surface area contributed by atoms with Gasteiger partial charge in [0.2, 0.25) is 0 Å². The Kier molecular flexibility index (Phi) is 11.0. The predicted octanol–water partition coefficient (Wildman–Crippen LogP) is 2.70. The fourth-order valence-electron chi connectivity index (χ4n) is 2.10. The van der Waals surface area contributed by atoms with E-state index < -0.39 is 8.80 Å². The third-order valence-corrected chi connectivity index (χ3v) is 5.61. The van der Waals surface area contributed by atoms with E-state index in [2.05, 4.69) is 18.7 Å². The fourth-order valence-corrected chi connectivity index (χ4v) is 4.81. The molecule has 110 valence electrons. The van der Waals surface area contributed by atoms with Crippen molar-refractivity contribution in [3.05, 3.63) is 0 Å². The van der Waals surface area contributed by atoms with Crippen LogP contribution in [0.1, 0.15) is 47.5 Å². The van der Waals surface area contributed by atoms with Crippen LogP contribution in [-0.2, 0) is 13.3 Å². The molecule has 0 amide bonds. The number of hydrogen-bond donors (Lipinski definition) is 0. The Morgan fingerprint density at radius 3 is 1.39 bits per heavy atom. The monoisotopic (exact) mass is 277 g/mol. The van der Waals surface area contributed by atoms with Crippen molar-refractivity contribution in [2.75, 3.05) is 39.1 Å². The molecule has 0 aromatic heterocycles. The lowest BCUT2D eigenvalue weighted by Crippen LogP contribution is -2.55. The van der Waals surface area contributed by atoms with Crippen LogP contribution in [0.25, 0.3) is 0 Å². The first-order chi connectivity index (χ1) is 8.67. The highest BCUT2D eigenvalue weighted by Gasteiger charge is 2.42. The van der Waals surface area contributed by atoms with Gasteiger partial charge in [0, 0.05) is 19.8 Å². The van der Waals surface area contributed by atoms with Crippen molar-refractivity contribution in [1.82, 2.24) is 4.90 Å². The third kappa shape index (κ3) is 6.85. The van der Waals surface area contributed by atoms with E-state index >= 15 is 0 Å². The molecular weight excluding hydrogens is 246 g/mol. The fraction of sp³-hybridized carbons (Fsp3) is 1.00. The molecule has 0 fully saturated rings.